The van der Waals surface area contributed by atoms with Gasteiger partial charge in [0.15, 0.2) is 0 Å². The van der Waals surface area contributed by atoms with Gasteiger partial charge in [-0.25, -0.2) is 0 Å². The minimum Gasteiger partial charge on any atom is -0.0942 e. The van der Waals surface area contributed by atoms with E-state index < -0.39 is 0 Å². The summed E-state index contributed by atoms with van der Waals surface area (Å²) in [6.45, 7) is 0. The van der Waals surface area contributed by atoms with Gasteiger partial charge in [0, 0.05) is 16.7 Å². The monoisotopic (exact) mass is 250 g/mol. The van der Waals surface area contributed by atoms with Crippen LogP contribution in [0.4, 0.5) is 0 Å². The average molecular weight is 250 g/mol. The number of hydrogen-bond acceptors (Lipinski definition) is 1. The molecular formula is C17H14S. The van der Waals surface area contributed by atoms with Crippen molar-refractivity contribution >= 4 is 11.8 Å². The van der Waals surface area contributed by atoms with Gasteiger partial charge in [0.05, 0.1) is 0 Å². The lowest BCUT2D eigenvalue weighted by Crippen LogP contribution is -1.96. The lowest BCUT2D eigenvalue weighted by atomic mass is 9.97. The van der Waals surface area contributed by atoms with E-state index in [0.29, 0.717) is 11.8 Å². The second kappa shape index (κ2) is 4.03. The van der Waals surface area contributed by atoms with Gasteiger partial charge in [-0.1, -0.05) is 60.3 Å². The minimum absolute atomic E-state index is 0.649. The first kappa shape index (κ1) is 10.5. The van der Waals surface area contributed by atoms with Crippen LogP contribution < -0.4 is 0 Å². The smallest absolute Gasteiger partial charge is 0.0162 e. The maximum Gasteiger partial charge on any atom is 0.0162 e. The molecule has 0 amide bonds. The molecule has 0 radical (unpaired) electrons. The van der Waals surface area contributed by atoms with Crippen LogP contribution in [0.3, 0.4) is 0 Å². The van der Waals surface area contributed by atoms with Crippen molar-refractivity contribution in [3.8, 4) is 0 Å². The molecule has 4 rings (SSSR count). The molecule has 2 aliphatic carbocycles. The summed E-state index contributed by atoms with van der Waals surface area (Å²) < 4.78 is 0. The molecule has 2 aromatic carbocycles. The van der Waals surface area contributed by atoms with Crippen LogP contribution in [0.2, 0.25) is 0 Å². The minimum atomic E-state index is 0.649. The predicted octanol–water partition coefficient (Wildman–Crippen LogP) is 4.95. The van der Waals surface area contributed by atoms with E-state index in [9.17, 15) is 0 Å². The van der Waals surface area contributed by atoms with Gasteiger partial charge in [-0.2, -0.15) is 0 Å². The van der Waals surface area contributed by atoms with Gasteiger partial charge in [-0.15, -0.1) is 0 Å². The quantitative estimate of drug-likeness (QED) is 0.727. The molecule has 0 unspecified atom stereocenters. The van der Waals surface area contributed by atoms with E-state index in [-0.39, 0.29) is 0 Å². The van der Waals surface area contributed by atoms with Crippen LogP contribution in [0.15, 0.2) is 70.5 Å². The molecule has 0 heterocycles. The third-order valence-electron chi connectivity index (χ3n) is 3.95. The van der Waals surface area contributed by atoms with Gasteiger partial charge >= 0.3 is 0 Å². The van der Waals surface area contributed by atoms with E-state index >= 15 is 0 Å². The molecule has 0 saturated carbocycles. The van der Waals surface area contributed by atoms with Crippen molar-refractivity contribution in [1.29, 1.82) is 0 Å². The second-order valence-corrected chi connectivity index (χ2v) is 6.15. The summed E-state index contributed by atoms with van der Waals surface area (Å²) in [7, 11) is 0. The van der Waals surface area contributed by atoms with Crippen molar-refractivity contribution in [3.63, 3.8) is 0 Å². The lowest BCUT2D eigenvalue weighted by molar-refractivity contribution is 0.800. The van der Waals surface area contributed by atoms with Crippen molar-refractivity contribution in [1.82, 2.24) is 0 Å². The zero-order valence-corrected chi connectivity index (χ0v) is 10.9. The maximum atomic E-state index is 2.48. The van der Waals surface area contributed by atoms with E-state index in [1.165, 1.54) is 11.3 Å². The highest BCUT2D eigenvalue weighted by Crippen LogP contribution is 2.56. The number of hydrogen-bond donors (Lipinski definition) is 0. The van der Waals surface area contributed by atoms with E-state index in [2.05, 4.69) is 60.7 Å². The fraction of sp³-hybridized carbons (Fsp3) is 0.176. The maximum absolute atomic E-state index is 2.48. The first-order valence-electron chi connectivity index (χ1n) is 6.45. The Kier molecular flexibility index (Phi) is 2.34. The van der Waals surface area contributed by atoms with Crippen LogP contribution in [0.25, 0.3) is 0 Å². The Bertz CT molecular complexity index is 613. The van der Waals surface area contributed by atoms with Crippen LogP contribution in [0.1, 0.15) is 29.4 Å². The largest absolute Gasteiger partial charge is 0.0942 e. The molecular weight excluding hydrogens is 236 g/mol. The Hall–Kier alpha value is -1.47. The molecule has 0 spiro atoms. The van der Waals surface area contributed by atoms with Gasteiger partial charge in [-0.3, -0.25) is 0 Å². The van der Waals surface area contributed by atoms with Crippen molar-refractivity contribution in [2.75, 3.05) is 0 Å². The molecule has 1 heteroatoms. The Morgan fingerprint density at radius 1 is 0.833 bits per heavy atom. The van der Waals surface area contributed by atoms with Crippen LogP contribution in [0.5, 0.6) is 0 Å². The Balaban J connectivity index is 1.66. The summed E-state index contributed by atoms with van der Waals surface area (Å²) in [5.74, 6) is 1.31. The zero-order valence-electron chi connectivity index (χ0n) is 10.0. The predicted molar refractivity (Wildman–Crippen MR) is 76.9 cm³/mol. The van der Waals surface area contributed by atoms with E-state index in [4.69, 9.17) is 0 Å². The molecule has 2 atom stereocenters. The Morgan fingerprint density at radius 2 is 1.56 bits per heavy atom. The summed E-state index contributed by atoms with van der Waals surface area (Å²) in [4.78, 5) is 2.90. The van der Waals surface area contributed by atoms with Crippen LogP contribution >= 0.6 is 11.8 Å². The summed E-state index contributed by atoms with van der Waals surface area (Å²) >= 11 is 1.94. The van der Waals surface area contributed by atoms with Crippen LogP contribution in [0, 0.1) is 0 Å². The van der Waals surface area contributed by atoms with Crippen LogP contribution in [-0.2, 0) is 0 Å². The molecule has 0 saturated heterocycles. The van der Waals surface area contributed by atoms with Crippen molar-refractivity contribution in [2.24, 2.45) is 0 Å². The number of benzene rings is 2. The first-order valence-corrected chi connectivity index (χ1v) is 7.27. The van der Waals surface area contributed by atoms with E-state index in [1.807, 2.05) is 11.8 Å². The number of rotatable bonds is 2. The molecule has 2 aromatic rings. The summed E-state index contributed by atoms with van der Waals surface area (Å²) in [6.07, 6.45) is 3.76. The van der Waals surface area contributed by atoms with E-state index in [0.717, 1.165) is 0 Å². The molecule has 88 valence electrons. The molecule has 0 aliphatic heterocycles. The zero-order chi connectivity index (χ0) is 11.9. The fourth-order valence-electron chi connectivity index (χ4n) is 3.15. The molecule has 2 bridgehead atoms. The standard InChI is InChI=1S/C17H14S/c1-2-6-13(7-3-1)18-17-11-12-10-16(17)15-9-5-4-8-14(12)15/h1-9,11-12,16H,10H2/t12-,16-/m1/s1. The van der Waals surface area contributed by atoms with Gasteiger partial charge in [0.25, 0.3) is 0 Å². The number of allylic oxidation sites excluding steroid dienone is 2. The molecule has 2 aliphatic rings. The fourth-order valence-corrected chi connectivity index (χ4v) is 4.31. The molecule has 0 fully saturated rings. The summed E-state index contributed by atoms with van der Waals surface area (Å²) in [5, 5.41) is 0. The van der Waals surface area contributed by atoms with Gasteiger partial charge in [-0.05, 0) is 34.6 Å². The Morgan fingerprint density at radius 3 is 2.39 bits per heavy atom. The molecule has 18 heavy (non-hydrogen) atoms. The third-order valence-corrected chi connectivity index (χ3v) is 5.11. The highest BCUT2D eigenvalue weighted by atomic mass is 32.2. The number of thioether (sulfide) groups is 1. The van der Waals surface area contributed by atoms with E-state index in [1.54, 1.807) is 16.0 Å². The summed E-state index contributed by atoms with van der Waals surface area (Å²) in [5.41, 5.74) is 3.11. The summed E-state index contributed by atoms with van der Waals surface area (Å²) in [6, 6.07) is 19.6. The SMILES string of the molecule is C1=C(Sc2ccccc2)[C@@H]2C[C@H]1c1ccccc12. The first-order chi connectivity index (χ1) is 8.92. The highest BCUT2D eigenvalue weighted by Gasteiger charge is 2.37. The highest BCUT2D eigenvalue weighted by molar-refractivity contribution is 8.03. The molecule has 0 N–H and O–H groups in total. The lowest BCUT2D eigenvalue weighted by Gasteiger charge is -2.16. The van der Waals surface area contributed by atoms with Crippen LogP contribution in [-0.4, -0.2) is 0 Å². The third kappa shape index (κ3) is 1.54. The molecule has 0 nitrogen and oxygen atoms in total. The number of fused-ring (bicyclic) bond motifs is 5. The van der Waals surface area contributed by atoms with Crippen molar-refractivity contribution in [3.05, 3.63) is 76.7 Å². The topological polar surface area (TPSA) is 0 Å². The van der Waals surface area contributed by atoms with Gasteiger partial charge in [0.2, 0.25) is 0 Å². The van der Waals surface area contributed by atoms with Gasteiger partial charge < -0.3 is 0 Å². The Labute approximate surface area is 112 Å². The molecule has 0 aromatic heterocycles. The van der Waals surface area contributed by atoms with Crippen molar-refractivity contribution in [2.45, 2.75) is 23.2 Å². The van der Waals surface area contributed by atoms with Gasteiger partial charge in [0.1, 0.15) is 0 Å². The van der Waals surface area contributed by atoms with Crippen molar-refractivity contribution < 1.29 is 0 Å². The second-order valence-electron chi connectivity index (χ2n) is 5.01. The normalized spacial score (nSPS) is 23.9. The average Bonchev–Trinajstić information content (AvgIpc) is 2.99.